The molecule has 3 nitrogen and oxygen atoms in total. The van der Waals surface area contributed by atoms with Crippen molar-refractivity contribution in [1.29, 1.82) is 0 Å². The Morgan fingerprint density at radius 2 is 2.06 bits per heavy atom. The Balaban J connectivity index is 1.73. The van der Waals surface area contributed by atoms with Crippen LogP contribution < -0.4 is 10.1 Å². The van der Waals surface area contributed by atoms with E-state index in [1.54, 1.807) is 7.11 Å². The second kappa shape index (κ2) is 7.00. The van der Waals surface area contributed by atoms with Crippen molar-refractivity contribution in [2.75, 3.05) is 38.6 Å². The molecule has 1 aliphatic heterocycles. The molecule has 1 aromatic carbocycles. The largest absolute Gasteiger partial charge is 0.497 e. The number of nitrogens with zero attached hydrogens (tertiary/aromatic N) is 1. The van der Waals surface area contributed by atoms with Gasteiger partial charge in [0.1, 0.15) is 5.75 Å². The fourth-order valence-corrected chi connectivity index (χ4v) is 2.80. The van der Waals surface area contributed by atoms with Gasteiger partial charge in [-0.25, -0.2) is 0 Å². The maximum atomic E-state index is 5.25. The van der Waals surface area contributed by atoms with Crippen LogP contribution in [0.25, 0.3) is 0 Å². The van der Waals surface area contributed by atoms with Crippen LogP contribution in [0.3, 0.4) is 0 Å². The molecule has 0 amide bonds. The normalized spacial score (nSPS) is 15.9. The van der Waals surface area contributed by atoms with Crippen LogP contribution in [-0.2, 0) is 0 Å². The van der Waals surface area contributed by atoms with Gasteiger partial charge in [-0.15, -0.1) is 0 Å². The molecular formula is C14H21BrN2O. The lowest BCUT2D eigenvalue weighted by Crippen LogP contribution is -2.22. The second-order valence-electron chi connectivity index (χ2n) is 4.71. The Morgan fingerprint density at radius 3 is 2.78 bits per heavy atom. The van der Waals surface area contributed by atoms with Gasteiger partial charge in [-0.2, -0.15) is 0 Å². The number of nitrogens with one attached hydrogen (secondary N) is 1. The van der Waals surface area contributed by atoms with E-state index in [4.69, 9.17) is 4.74 Å². The van der Waals surface area contributed by atoms with Crippen molar-refractivity contribution in [1.82, 2.24) is 4.90 Å². The Morgan fingerprint density at radius 1 is 1.28 bits per heavy atom. The fraction of sp³-hybridized carbons (Fsp3) is 0.571. The minimum atomic E-state index is 0.881. The summed E-state index contributed by atoms with van der Waals surface area (Å²) >= 11 is 3.49. The molecular weight excluding hydrogens is 292 g/mol. The van der Waals surface area contributed by atoms with E-state index in [0.29, 0.717) is 0 Å². The minimum absolute atomic E-state index is 0.881. The molecule has 4 heteroatoms. The van der Waals surface area contributed by atoms with Crippen LogP contribution in [-0.4, -0.2) is 38.2 Å². The predicted molar refractivity (Wildman–Crippen MR) is 79.5 cm³/mol. The summed E-state index contributed by atoms with van der Waals surface area (Å²) in [5.41, 5.74) is 1.11. The van der Waals surface area contributed by atoms with Crippen LogP contribution in [0.15, 0.2) is 22.7 Å². The van der Waals surface area contributed by atoms with Gasteiger partial charge in [0.2, 0.25) is 0 Å². The van der Waals surface area contributed by atoms with E-state index in [9.17, 15) is 0 Å². The van der Waals surface area contributed by atoms with Crippen LogP contribution in [0.4, 0.5) is 5.69 Å². The van der Waals surface area contributed by atoms with Gasteiger partial charge in [0.25, 0.3) is 0 Å². The standard InChI is InChI=1S/C14H21BrN2O/c1-18-14-10-12(15)9-13(11-14)16-5-4-8-17-6-2-3-7-17/h9-11,16H,2-8H2,1H3. The number of methoxy groups -OCH3 is 1. The highest BCUT2D eigenvalue weighted by Gasteiger charge is 2.10. The summed E-state index contributed by atoms with van der Waals surface area (Å²) in [6.45, 7) is 4.78. The summed E-state index contributed by atoms with van der Waals surface area (Å²) in [5.74, 6) is 0.881. The Labute approximate surface area is 118 Å². The van der Waals surface area contributed by atoms with Crippen molar-refractivity contribution < 1.29 is 4.74 Å². The maximum absolute atomic E-state index is 5.25. The summed E-state index contributed by atoms with van der Waals surface area (Å²) in [7, 11) is 1.69. The molecule has 0 saturated carbocycles. The van der Waals surface area contributed by atoms with Gasteiger partial charge in [0.15, 0.2) is 0 Å². The van der Waals surface area contributed by atoms with Crippen molar-refractivity contribution in [3.8, 4) is 5.75 Å². The summed E-state index contributed by atoms with van der Waals surface area (Å²) in [5, 5.41) is 3.45. The molecule has 18 heavy (non-hydrogen) atoms. The Hall–Kier alpha value is -0.740. The van der Waals surface area contributed by atoms with Crippen LogP contribution >= 0.6 is 15.9 Å². The molecule has 1 aromatic rings. The number of hydrogen-bond acceptors (Lipinski definition) is 3. The molecule has 0 spiro atoms. The lowest BCUT2D eigenvalue weighted by molar-refractivity contribution is 0.337. The molecule has 0 aliphatic carbocycles. The molecule has 2 rings (SSSR count). The van der Waals surface area contributed by atoms with E-state index in [-0.39, 0.29) is 0 Å². The molecule has 0 unspecified atom stereocenters. The van der Waals surface area contributed by atoms with Crippen molar-refractivity contribution in [2.24, 2.45) is 0 Å². The predicted octanol–water partition coefficient (Wildman–Crippen LogP) is 3.36. The third-order valence-electron chi connectivity index (χ3n) is 3.29. The number of likely N-dealkylation sites (tertiary alicyclic amines) is 1. The van der Waals surface area contributed by atoms with Gasteiger partial charge in [-0.3, -0.25) is 0 Å². The van der Waals surface area contributed by atoms with Gasteiger partial charge in [0.05, 0.1) is 7.11 Å². The van der Waals surface area contributed by atoms with E-state index >= 15 is 0 Å². The van der Waals surface area contributed by atoms with Crippen LogP contribution in [0.5, 0.6) is 5.75 Å². The zero-order valence-corrected chi connectivity index (χ0v) is 12.5. The highest BCUT2D eigenvalue weighted by atomic mass is 79.9. The first kappa shape index (κ1) is 13.7. The highest BCUT2D eigenvalue weighted by Crippen LogP contribution is 2.24. The average molecular weight is 313 g/mol. The van der Waals surface area contributed by atoms with Gasteiger partial charge in [0, 0.05) is 22.8 Å². The third kappa shape index (κ3) is 4.18. The smallest absolute Gasteiger partial charge is 0.122 e. The van der Waals surface area contributed by atoms with E-state index < -0.39 is 0 Å². The molecule has 0 aromatic heterocycles. The van der Waals surface area contributed by atoms with Crippen LogP contribution in [0, 0.1) is 0 Å². The van der Waals surface area contributed by atoms with Crippen molar-refractivity contribution in [2.45, 2.75) is 19.3 Å². The number of hydrogen-bond donors (Lipinski definition) is 1. The topological polar surface area (TPSA) is 24.5 Å². The molecule has 1 N–H and O–H groups in total. The SMILES string of the molecule is COc1cc(Br)cc(NCCCN2CCCC2)c1. The van der Waals surface area contributed by atoms with E-state index in [0.717, 1.165) is 22.5 Å². The summed E-state index contributed by atoms with van der Waals surface area (Å²) < 4.78 is 6.29. The minimum Gasteiger partial charge on any atom is -0.497 e. The molecule has 1 heterocycles. The van der Waals surface area contributed by atoms with E-state index in [1.165, 1.54) is 38.9 Å². The summed E-state index contributed by atoms with van der Waals surface area (Å²) in [4.78, 5) is 2.54. The molecule has 0 bridgehead atoms. The second-order valence-corrected chi connectivity index (χ2v) is 5.62. The Bertz CT molecular complexity index is 378. The van der Waals surface area contributed by atoms with Gasteiger partial charge < -0.3 is 15.0 Å². The molecule has 0 radical (unpaired) electrons. The van der Waals surface area contributed by atoms with Gasteiger partial charge >= 0.3 is 0 Å². The number of ether oxygens (including phenoxy) is 1. The lowest BCUT2D eigenvalue weighted by Gasteiger charge is -2.15. The number of anilines is 1. The Kier molecular flexibility index (Phi) is 5.32. The van der Waals surface area contributed by atoms with Crippen molar-refractivity contribution >= 4 is 21.6 Å². The lowest BCUT2D eigenvalue weighted by atomic mass is 10.3. The first-order chi connectivity index (χ1) is 8.78. The number of halogens is 1. The van der Waals surface area contributed by atoms with E-state index in [2.05, 4.69) is 32.2 Å². The summed E-state index contributed by atoms with van der Waals surface area (Å²) in [6.07, 6.45) is 3.93. The van der Waals surface area contributed by atoms with E-state index in [1.807, 2.05) is 12.1 Å². The molecule has 1 aliphatic rings. The van der Waals surface area contributed by atoms with Gasteiger partial charge in [-0.1, -0.05) is 15.9 Å². The first-order valence-corrected chi connectivity index (χ1v) is 7.38. The van der Waals surface area contributed by atoms with Gasteiger partial charge in [-0.05, 0) is 51.0 Å². The third-order valence-corrected chi connectivity index (χ3v) is 3.74. The summed E-state index contributed by atoms with van der Waals surface area (Å²) in [6, 6.07) is 6.08. The number of rotatable bonds is 6. The quantitative estimate of drug-likeness (QED) is 0.815. The molecule has 1 saturated heterocycles. The monoisotopic (exact) mass is 312 g/mol. The van der Waals surface area contributed by atoms with Crippen LogP contribution in [0.1, 0.15) is 19.3 Å². The molecule has 1 fully saturated rings. The maximum Gasteiger partial charge on any atom is 0.122 e. The first-order valence-electron chi connectivity index (χ1n) is 6.59. The highest BCUT2D eigenvalue weighted by molar-refractivity contribution is 9.10. The average Bonchev–Trinajstić information content (AvgIpc) is 2.87. The van der Waals surface area contributed by atoms with Crippen molar-refractivity contribution in [3.05, 3.63) is 22.7 Å². The fourth-order valence-electron chi connectivity index (χ4n) is 2.32. The molecule has 100 valence electrons. The zero-order valence-electron chi connectivity index (χ0n) is 10.9. The van der Waals surface area contributed by atoms with Crippen LogP contribution in [0.2, 0.25) is 0 Å². The molecule has 0 atom stereocenters. The number of benzene rings is 1. The van der Waals surface area contributed by atoms with Crippen molar-refractivity contribution in [3.63, 3.8) is 0 Å². The zero-order chi connectivity index (χ0) is 12.8.